The first-order chi connectivity index (χ1) is 7.72. The molecule has 0 aliphatic carbocycles. The van der Waals surface area contributed by atoms with Gasteiger partial charge in [0.1, 0.15) is 5.88 Å². The smallest absolute Gasteiger partial charge is 0.262 e. The van der Waals surface area contributed by atoms with E-state index in [4.69, 9.17) is 11.6 Å². The van der Waals surface area contributed by atoms with E-state index in [0.717, 1.165) is 17.0 Å². The second kappa shape index (κ2) is 4.49. The second-order valence-corrected chi connectivity index (χ2v) is 3.74. The van der Waals surface area contributed by atoms with Gasteiger partial charge in [-0.25, -0.2) is 4.68 Å². The van der Waals surface area contributed by atoms with E-state index in [1.165, 1.54) is 4.68 Å². The van der Waals surface area contributed by atoms with Gasteiger partial charge in [-0.3, -0.25) is 4.79 Å². The maximum Gasteiger partial charge on any atom is 0.262 e. The minimum atomic E-state index is -0.207. The maximum absolute atomic E-state index is 11.4. The van der Waals surface area contributed by atoms with E-state index in [0.29, 0.717) is 0 Å². The molecule has 0 aliphatic heterocycles. The minimum absolute atomic E-state index is 0.0588. The molecule has 4 heteroatoms. The van der Waals surface area contributed by atoms with Gasteiger partial charge < -0.3 is 0 Å². The first-order valence-corrected chi connectivity index (χ1v) is 5.47. The van der Waals surface area contributed by atoms with Gasteiger partial charge >= 0.3 is 0 Å². The normalized spacial score (nSPS) is 10.4. The van der Waals surface area contributed by atoms with Crippen LogP contribution in [0.3, 0.4) is 0 Å². The highest BCUT2D eigenvalue weighted by atomic mass is 35.5. The molecule has 0 N–H and O–H groups in total. The molecule has 2 aromatic rings. The molecule has 0 unspecified atom stereocenters. The molecule has 0 amide bonds. The average Bonchev–Trinajstić information content (AvgIpc) is 2.71. The third kappa shape index (κ3) is 1.99. The van der Waals surface area contributed by atoms with Crippen LogP contribution in [-0.4, -0.2) is 21.6 Å². The van der Waals surface area contributed by atoms with Crippen molar-refractivity contribution in [1.82, 2.24) is 9.78 Å². The van der Waals surface area contributed by atoms with Crippen LogP contribution in [-0.2, 0) is 0 Å². The van der Waals surface area contributed by atoms with Crippen molar-refractivity contribution in [3.8, 4) is 11.3 Å². The van der Waals surface area contributed by atoms with Crippen LogP contribution >= 0.6 is 11.6 Å². The van der Waals surface area contributed by atoms with Gasteiger partial charge in [0.15, 0.2) is 0 Å². The molecule has 3 nitrogen and oxygen atoms in total. The lowest BCUT2D eigenvalue weighted by atomic mass is 10.1. The number of aromatic nitrogens is 2. The lowest BCUT2D eigenvalue weighted by Crippen LogP contribution is -2.14. The number of alkyl halides is 1. The first kappa shape index (κ1) is 10.9. The fourth-order valence-electron chi connectivity index (χ4n) is 1.53. The molecule has 0 spiro atoms. The predicted molar refractivity (Wildman–Crippen MR) is 63.7 cm³/mol. The van der Waals surface area contributed by atoms with Gasteiger partial charge in [-0.15, -0.1) is 11.6 Å². The van der Waals surface area contributed by atoms with Crippen LogP contribution < -0.4 is 0 Å². The number of carbonyl (C=O) groups is 1. The minimum Gasteiger partial charge on any atom is -0.271 e. The highest BCUT2D eigenvalue weighted by Gasteiger charge is 2.11. The van der Waals surface area contributed by atoms with E-state index in [2.05, 4.69) is 5.10 Å². The second-order valence-electron chi connectivity index (χ2n) is 3.48. The van der Waals surface area contributed by atoms with Crippen molar-refractivity contribution in [3.05, 3.63) is 42.1 Å². The van der Waals surface area contributed by atoms with Crippen LogP contribution in [0.15, 0.2) is 36.4 Å². The molecular formula is C12H11ClN2O. The molecule has 0 saturated carbocycles. The first-order valence-electron chi connectivity index (χ1n) is 4.93. The number of hydrogen-bond donors (Lipinski definition) is 0. The summed E-state index contributed by atoms with van der Waals surface area (Å²) in [6, 6.07) is 11.6. The SMILES string of the molecule is Cc1cc(-c2ccccc2)nn1C(=O)CCl. The maximum atomic E-state index is 11.4. The molecule has 2 rings (SSSR count). The van der Waals surface area contributed by atoms with Crippen LogP contribution in [0.2, 0.25) is 0 Å². The Labute approximate surface area is 98.7 Å². The molecule has 1 heterocycles. The molecule has 0 aliphatic rings. The summed E-state index contributed by atoms with van der Waals surface area (Å²) < 4.78 is 1.34. The molecule has 1 aromatic carbocycles. The monoisotopic (exact) mass is 234 g/mol. The predicted octanol–water partition coefficient (Wildman–Crippen LogP) is 2.74. The Balaban J connectivity index is 2.42. The molecule has 0 radical (unpaired) electrons. The van der Waals surface area contributed by atoms with E-state index in [1.807, 2.05) is 43.3 Å². The van der Waals surface area contributed by atoms with Crippen molar-refractivity contribution >= 4 is 17.5 Å². The van der Waals surface area contributed by atoms with Crippen molar-refractivity contribution in [2.24, 2.45) is 0 Å². The van der Waals surface area contributed by atoms with Gasteiger partial charge in [0.05, 0.1) is 5.69 Å². The Kier molecular flexibility index (Phi) is 3.06. The molecule has 0 atom stereocenters. The average molecular weight is 235 g/mol. The van der Waals surface area contributed by atoms with E-state index >= 15 is 0 Å². The summed E-state index contributed by atoms with van der Waals surface area (Å²) in [5, 5.41) is 4.23. The summed E-state index contributed by atoms with van der Waals surface area (Å²) in [4.78, 5) is 11.4. The zero-order valence-corrected chi connectivity index (χ0v) is 9.61. The number of nitrogens with zero attached hydrogens (tertiary/aromatic N) is 2. The highest BCUT2D eigenvalue weighted by molar-refractivity contribution is 6.27. The summed E-state index contributed by atoms with van der Waals surface area (Å²) in [5.41, 5.74) is 2.58. The van der Waals surface area contributed by atoms with Crippen molar-refractivity contribution in [1.29, 1.82) is 0 Å². The molecule has 0 saturated heterocycles. The Bertz CT molecular complexity index is 505. The number of benzene rings is 1. The number of aryl methyl sites for hydroxylation is 1. The van der Waals surface area contributed by atoms with Crippen molar-refractivity contribution in [3.63, 3.8) is 0 Å². The number of carbonyl (C=O) groups excluding carboxylic acids is 1. The van der Waals surface area contributed by atoms with Crippen LogP contribution in [0.1, 0.15) is 10.5 Å². The molecule has 16 heavy (non-hydrogen) atoms. The fraction of sp³-hybridized carbons (Fsp3) is 0.167. The Morgan fingerprint density at radius 3 is 2.69 bits per heavy atom. The van der Waals surface area contributed by atoms with E-state index < -0.39 is 0 Å². The molecule has 82 valence electrons. The third-order valence-corrected chi connectivity index (χ3v) is 2.54. The van der Waals surface area contributed by atoms with Crippen LogP contribution in [0.25, 0.3) is 11.3 Å². The number of halogens is 1. The van der Waals surface area contributed by atoms with Gasteiger partial charge in [0, 0.05) is 11.3 Å². The van der Waals surface area contributed by atoms with Gasteiger partial charge in [-0.1, -0.05) is 30.3 Å². The largest absolute Gasteiger partial charge is 0.271 e. The Morgan fingerprint density at radius 2 is 2.06 bits per heavy atom. The van der Waals surface area contributed by atoms with Crippen LogP contribution in [0.5, 0.6) is 0 Å². The topological polar surface area (TPSA) is 34.9 Å². The molecule has 0 bridgehead atoms. The standard InChI is InChI=1S/C12H11ClN2O/c1-9-7-11(10-5-3-2-4-6-10)14-15(9)12(16)8-13/h2-7H,8H2,1H3. The molecular weight excluding hydrogens is 224 g/mol. The lowest BCUT2D eigenvalue weighted by molar-refractivity contribution is 0.0923. The number of hydrogen-bond acceptors (Lipinski definition) is 2. The van der Waals surface area contributed by atoms with Crippen LogP contribution in [0, 0.1) is 6.92 Å². The van der Waals surface area contributed by atoms with Gasteiger partial charge in [-0.2, -0.15) is 5.10 Å². The van der Waals surface area contributed by atoms with E-state index in [-0.39, 0.29) is 11.8 Å². The quantitative estimate of drug-likeness (QED) is 0.749. The Morgan fingerprint density at radius 1 is 1.38 bits per heavy atom. The summed E-state index contributed by atoms with van der Waals surface area (Å²) in [5.74, 6) is -0.266. The summed E-state index contributed by atoms with van der Waals surface area (Å²) in [6.45, 7) is 1.84. The van der Waals surface area contributed by atoms with Crippen molar-refractivity contribution < 1.29 is 4.79 Å². The van der Waals surface area contributed by atoms with Crippen molar-refractivity contribution in [2.45, 2.75) is 6.92 Å². The van der Waals surface area contributed by atoms with Gasteiger partial charge in [-0.05, 0) is 13.0 Å². The summed E-state index contributed by atoms with van der Waals surface area (Å²) >= 11 is 5.50. The van der Waals surface area contributed by atoms with Gasteiger partial charge in [0.25, 0.3) is 5.91 Å². The lowest BCUT2D eigenvalue weighted by Gasteiger charge is -1.97. The zero-order chi connectivity index (χ0) is 11.5. The van der Waals surface area contributed by atoms with Crippen LogP contribution in [0.4, 0.5) is 0 Å². The highest BCUT2D eigenvalue weighted by Crippen LogP contribution is 2.18. The fourth-order valence-corrected chi connectivity index (χ4v) is 1.65. The molecule has 0 fully saturated rings. The van der Waals surface area contributed by atoms with E-state index in [1.54, 1.807) is 0 Å². The summed E-state index contributed by atoms with van der Waals surface area (Å²) in [6.07, 6.45) is 0. The summed E-state index contributed by atoms with van der Waals surface area (Å²) in [7, 11) is 0. The third-order valence-electron chi connectivity index (χ3n) is 2.31. The van der Waals surface area contributed by atoms with Crippen molar-refractivity contribution in [2.75, 3.05) is 5.88 Å². The Hall–Kier alpha value is -1.61. The molecule has 1 aromatic heterocycles. The van der Waals surface area contributed by atoms with E-state index in [9.17, 15) is 4.79 Å². The zero-order valence-electron chi connectivity index (χ0n) is 8.85. The van der Waals surface area contributed by atoms with Gasteiger partial charge in [0.2, 0.25) is 0 Å². The number of rotatable bonds is 2.